The van der Waals surface area contributed by atoms with E-state index in [2.05, 4.69) is 10.2 Å². The van der Waals surface area contributed by atoms with Crippen molar-refractivity contribution in [1.29, 1.82) is 0 Å². The highest BCUT2D eigenvalue weighted by atomic mass is 16.6. The number of nitrogens with one attached hydrogen (secondary N) is 1. The molecule has 6 heteroatoms. The predicted molar refractivity (Wildman–Crippen MR) is 116 cm³/mol. The number of amides is 1. The number of ether oxygens (including phenoxy) is 1. The van der Waals surface area contributed by atoms with Gasteiger partial charge in [0.1, 0.15) is 6.10 Å². The summed E-state index contributed by atoms with van der Waals surface area (Å²) < 4.78 is 5.55. The first-order valence-corrected chi connectivity index (χ1v) is 9.79. The van der Waals surface area contributed by atoms with Gasteiger partial charge >= 0.3 is 6.09 Å². The molecule has 6 nitrogen and oxygen atoms in total. The summed E-state index contributed by atoms with van der Waals surface area (Å²) in [5.74, 6) is 0. The maximum Gasteiger partial charge on any atom is 0.414 e. The van der Waals surface area contributed by atoms with Gasteiger partial charge in [0.15, 0.2) is 0 Å². The zero-order valence-electron chi connectivity index (χ0n) is 16.1. The van der Waals surface area contributed by atoms with E-state index >= 15 is 0 Å². The van der Waals surface area contributed by atoms with Crippen LogP contribution in [0.15, 0.2) is 83.7 Å². The highest BCUT2D eigenvalue weighted by molar-refractivity contribution is 5.94. The molecule has 1 aromatic heterocycles. The third-order valence-electron chi connectivity index (χ3n) is 5.33. The minimum Gasteiger partial charge on any atom is -0.444 e. The fraction of sp³-hybridized carbons (Fsp3) is 0.125. The summed E-state index contributed by atoms with van der Waals surface area (Å²) in [5.41, 5.74) is 3.26. The van der Waals surface area contributed by atoms with E-state index in [4.69, 9.17) is 4.74 Å². The van der Waals surface area contributed by atoms with Gasteiger partial charge in [-0.25, -0.2) is 9.89 Å². The average molecular weight is 397 g/mol. The molecule has 0 radical (unpaired) electrons. The van der Waals surface area contributed by atoms with Gasteiger partial charge in [0.2, 0.25) is 0 Å². The largest absolute Gasteiger partial charge is 0.444 e. The van der Waals surface area contributed by atoms with Crippen LogP contribution >= 0.6 is 0 Å². The van der Waals surface area contributed by atoms with Gasteiger partial charge in [-0.15, -0.1) is 0 Å². The molecule has 0 spiro atoms. The minimum absolute atomic E-state index is 0.176. The summed E-state index contributed by atoms with van der Waals surface area (Å²) in [6.45, 7) is 0.507. The molecule has 5 rings (SSSR count). The second-order valence-corrected chi connectivity index (χ2v) is 7.30. The number of anilines is 1. The van der Waals surface area contributed by atoms with Crippen molar-refractivity contribution in [3.05, 3.63) is 94.8 Å². The van der Waals surface area contributed by atoms with E-state index in [0.717, 1.165) is 22.2 Å². The smallest absolute Gasteiger partial charge is 0.414 e. The van der Waals surface area contributed by atoms with Crippen molar-refractivity contribution in [2.45, 2.75) is 12.5 Å². The van der Waals surface area contributed by atoms with Crippen LogP contribution in [0.25, 0.3) is 22.0 Å². The SMILES string of the molecule is O=C1OC(Cc2ccccc2)CN1c1ccc(-c2n[nH]c(=O)c3ccccc23)cc1. The summed E-state index contributed by atoms with van der Waals surface area (Å²) in [5, 5.41) is 8.18. The predicted octanol–water partition coefficient (Wildman–Crippen LogP) is 4.16. The summed E-state index contributed by atoms with van der Waals surface area (Å²) in [7, 11) is 0. The number of benzene rings is 3. The quantitative estimate of drug-likeness (QED) is 0.561. The zero-order chi connectivity index (χ0) is 20.5. The molecule has 0 saturated carbocycles. The number of carbonyl (C=O) groups is 1. The van der Waals surface area contributed by atoms with Crippen LogP contribution in [0.2, 0.25) is 0 Å². The standard InChI is InChI=1S/C24H19N3O3/c28-23-21-9-5-4-8-20(21)22(25-26-23)17-10-12-18(13-11-17)27-15-19(30-24(27)29)14-16-6-2-1-3-7-16/h1-13,19H,14-15H2,(H,26,28). The average Bonchev–Trinajstić information content (AvgIpc) is 3.15. The molecule has 1 N–H and O–H groups in total. The van der Waals surface area contributed by atoms with Gasteiger partial charge in [-0.2, -0.15) is 5.10 Å². The van der Waals surface area contributed by atoms with Crippen LogP contribution in [0.5, 0.6) is 0 Å². The lowest BCUT2D eigenvalue weighted by Gasteiger charge is -2.14. The number of rotatable bonds is 4. The zero-order valence-corrected chi connectivity index (χ0v) is 16.1. The molecule has 1 unspecified atom stereocenters. The Kier molecular flexibility index (Phi) is 4.52. The Bertz CT molecular complexity index is 1270. The number of H-pyrrole nitrogens is 1. The highest BCUT2D eigenvalue weighted by Gasteiger charge is 2.32. The van der Waals surface area contributed by atoms with E-state index in [-0.39, 0.29) is 17.8 Å². The van der Waals surface area contributed by atoms with E-state index in [9.17, 15) is 9.59 Å². The molecular formula is C24H19N3O3. The lowest BCUT2D eigenvalue weighted by molar-refractivity contribution is 0.141. The van der Waals surface area contributed by atoms with Crippen molar-refractivity contribution in [1.82, 2.24) is 10.2 Å². The Labute approximate surface area is 172 Å². The molecule has 1 amide bonds. The van der Waals surface area contributed by atoms with Gasteiger partial charge in [0.05, 0.1) is 17.6 Å². The van der Waals surface area contributed by atoms with Crippen molar-refractivity contribution < 1.29 is 9.53 Å². The number of fused-ring (bicyclic) bond motifs is 1. The molecule has 1 atom stereocenters. The number of aromatic amines is 1. The molecule has 0 bridgehead atoms. The Morgan fingerprint density at radius 2 is 1.60 bits per heavy atom. The van der Waals surface area contributed by atoms with Gasteiger partial charge in [-0.1, -0.05) is 60.7 Å². The third-order valence-corrected chi connectivity index (χ3v) is 5.33. The topological polar surface area (TPSA) is 75.3 Å². The lowest BCUT2D eigenvalue weighted by Crippen LogP contribution is -2.24. The Morgan fingerprint density at radius 1 is 0.900 bits per heavy atom. The molecule has 1 aliphatic rings. The van der Waals surface area contributed by atoms with E-state index in [0.29, 0.717) is 24.0 Å². The molecule has 2 heterocycles. The van der Waals surface area contributed by atoms with Gasteiger partial charge in [-0.3, -0.25) is 9.69 Å². The molecule has 1 fully saturated rings. The van der Waals surface area contributed by atoms with E-state index in [1.165, 1.54) is 0 Å². The fourth-order valence-corrected chi connectivity index (χ4v) is 3.85. The van der Waals surface area contributed by atoms with Gasteiger partial charge in [0, 0.05) is 23.1 Å². The lowest BCUT2D eigenvalue weighted by atomic mass is 10.0. The van der Waals surface area contributed by atoms with Crippen LogP contribution in [0.3, 0.4) is 0 Å². The first-order valence-electron chi connectivity index (χ1n) is 9.79. The molecule has 1 saturated heterocycles. The Morgan fingerprint density at radius 3 is 2.37 bits per heavy atom. The Hall–Kier alpha value is -3.93. The van der Waals surface area contributed by atoms with Gasteiger partial charge in [0.25, 0.3) is 5.56 Å². The normalized spacial score (nSPS) is 16.1. The fourth-order valence-electron chi connectivity index (χ4n) is 3.85. The molecule has 4 aromatic rings. The first-order chi connectivity index (χ1) is 14.7. The number of cyclic esters (lactones) is 1. The number of hydrogen-bond donors (Lipinski definition) is 1. The van der Waals surface area contributed by atoms with Crippen LogP contribution in [-0.2, 0) is 11.2 Å². The van der Waals surface area contributed by atoms with Gasteiger partial charge in [-0.05, 0) is 23.8 Å². The van der Waals surface area contributed by atoms with Crippen LogP contribution in [0, 0.1) is 0 Å². The van der Waals surface area contributed by atoms with Crippen molar-refractivity contribution >= 4 is 22.6 Å². The van der Waals surface area contributed by atoms with Crippen LogP contribution in [0.1, 0.15) is 5.56 Å². The monoisotopic (exact) mass is 397 g/mol. The summed E-state index contributed by atoms with van der Waals surface area (Å²) >= 11 is 0. The summed E-state index contributed by atoms with van der Waals surface area (Å²) in [6, 6.07) is 24.9. The number of carbonyl (C=O) groups excluding carboxylic acids is 1. The molecule has 148 valence electrons. The van der Waals surface area contributed by atoms with Crippen LogP contribution in [-0.4, -0.2) is 28.9 Å². The third kappa shape index (κ3) is 3.33. The highest BCUT2D eigenvalue weighted by Crippen LogP contribution is 2.28. The second kappa shape index (κ2) is 7.48. The van der Waals surface area contributed by atoms with Crippen molar-refractivity contribution in [2.24, 2.45) is 0 Å². The van der Waals surface area contributed by atoms with Gasteiger partial charge < -0.3 is 4.74 Å². The van der Waals surface area contributed by atoms with E-state index < -0.39 is 0 Å². The molecule has 30 heavy (non-hydrogen) atoms. The Balaban J connectivity index is 1.39. The maximum atomic E-state index is 12.4. The number of hydrogen-bond acceptors (Lipinski definition) is 4. The molecular weight excluding hydrogens is 378 g/mol. The van der Waals surface area contributed by atoms with E-state index in [1.54, 1.807) is 11.0 Å². The van der Waals surface area contributed by atoms with Crippen molar-refractivity contribution in [3.8, 4) is 11.3 Å². The summed E-state index contributed by atoms with van der Waals surface area (Å²) in [6.07, 6.45) is 0.176. The molecule has 0 aliphatic carbocycles. The summed E-state index contributed by atoms with van der Waals surface area (Å²) in [4.78, 5) is 26.1. The molecule has 3 aromatic carbocycles. The van der Waals surface area contributed by atoms with Crippen molar-refractivity contribution in [2.75, 3.05) is 11.4 Å². The first kappa shape index (κ1) is 18.1. The van der Waals surface area contributed by atoms with Crippen LogP contribution < -0.4 is 10.5 Å². The van der Waals surface area contributed by atoms with Crippen LogP contribution in [0.4, 0.5) is 10.5 Å². The number of nitrogens with zero attached hydrogens (tertiary/aromatic N) is 2. The van der Waals surface area contributed by atoms with Crippen molar-refractivity contribution in [3.63, 3.8) is 0 Å². The number of aromatic nitrogens is 2. The minimum atomic E-state index is -0.337. The van der Waals surface area contributed by atoms with E-state index in [1.807, 2.05) is 72.8 Å². The molecule has 1 aliphatic heterocycles. The second-order valence-electron chi connectivity index (χ2n) is 7.30. The maximum absolute atomic E-state index is 12.4.